The molecule has 0 aromatic heterocycles. The molecule has 1 aliphatic heterocycles. The van der Waals surface area contributed by atoms with E-state index in [4.69, 9.17) is 9.47 Å². The smallest absolute Gasteiger partial charge is 0.161 e. The van der Waals surface area contributed by atoms with Crippen LogP contribution in [-0.2, 0) is 0 Å². The maximum Gasteiger partial charge on any atom is 0.161 e. The Kier molecular flexibility index (Phi) is 2.47. The van der Waals surface area contributed by atoms with Crippen LogP contribution in [0.1, 0.15) is 29.7 Å². The summed E-state index contributed by atoms with van der Waals surface area (Å²) in [6.45, 7) is 1.34. The molecule has 4 aliphatic rings. The Bertz CT molecular complexity index is 542. The van der Waals surface area contributed by atoms with Crippen LogP contribution in [0.2, 0.25) is 0 Å². The average molecular weight is 335 g/mol. The molecule has 3 fully saturated rings. The molecule has 5 unspecified atom stereocenters. The van der Waals surface area contributed by atoms with Gasteiger partial charge in [0.05, 0.1) is 0 Å². The largest absolute Gasteiger partial charge is 0.486 e. The Morgan fingerprint density at radius 2 is 1.70 bits per heavy atom. The predicted molar refractivity (Wildman–Crippen MR) is 80.4 cm³/mol. The van der Waals surface area contributed by atoms with E-state index < -0.39 is 0 Å². The molecule has 1 aromatic rings. The molecule has 1 heterocycles. The Hall–Kier alpha value is -0.700. The van der Waals surface area contributed by atoms with Crippen LogP contribution in [0.5, 0.6) is 11.5 Å². The molecule has 20 heavy (non-hydrogen) atoms. The van der Waals surface area contributed by atoms with Crippen molar-refractivity contribution >= 4 is 15.9 Å². The molecule has 0 saturated heterocycles. The molecule has 0 spiro atoms. The summed E-state index contributed by atoms with van der Waals surface area (Å²) < 4.78 is 11.3. The number of benzene rings is 1. The predicted octanol–water partition coefficient (Wildman–Crippen LogP) is 4.19. The lowest BCUT2D eigenvalue weighted by atomic mass is 9.97. The highest BCUT2D eigenvalue weighted by Gasteiger charge is 2.66. The third-order valence-electron chi connectivity index (χ3n) is 6.02. The van der Waals surface area contributed by atoms with Crippen molar-refractivity contribution in [3.63, 3.8) is 0 Å². The van der Waals surface area contributed by atoms with Crippen molar-refractivity contribution in [2.75, 3.05) is 13.2 Å². The first-order chi connectivity index (χ1) is 9.83. The van der Waals surface area contributed by atoms with Crippen LogP contribution in [-0.4, -0.2) is 13.2 Å². The number of halogens is 1. The van der Waals surface area contributed by atoms with E-state index in [1.165, 1.54) is 24.8 Å². The van der Waals surface area contributed by atoms with Gasteiger partial charge in [0, 0.05) is 4.83 Å². The zero-order valence-electron chi connectivity index (χ0n) is 11.4. The van der Waals surface area contributed by atoms with E-state index in [0.717, 1.165) is 41.1 Å². The fourth-order valence-electron chi connectivity index (χ4n) is 5.24. The van der Waals surface area contributed by atoms with Gasteiger partial charge in [0.2, 0.25) is 0 Å². The SMILES string of the molecule is BrC(c1ccc2c(c1)OCCO2)C1C2C3CCC(C3)C21. The van der Waals surface area contributed by atoms with Gasteiger partial charge in [-0.2, -0.15) is 0 Å². The molecule has 106 valence electrons. The minimum absolute atomic E-state index is 0.497. The first-order valence-electron chi connectivity index (χ1n) is 7.86. The maximum absolute atomic E-state index is 5.72. The lowest BCUT2D eigenvalue weighted by Crippen LogP contribution is -2.15. The van der Waals surface area contributed by atoms with Gasteiger partial charge in [0.15, 0.2) is 11.5 Å². The monoisotopic (exact) mass is 334 g/mol. The summed E-state index contributed by atoms with van der Waals surface area (Å²) in [4.78, 5) is 0.497. The second-order valence-corrected chi connectivity index (χ2v) is 7.86. The third kappa shape index (κ3) is 1.56. The number of fused-ring (bicyclic) bond motifs is 6. The highest BCUT2D eigenvalue weighted by molar-refractivity contribution is 9.09. The molecule has 5 rings (SSSR count). The lowest BCUT2D eigenvalue weighted by molar-refractivity contribution is 0.171. The summed E-state index contributed by atoms with van der Waals surface area (Å²) in [7, 11) is 0. The standard InChI is InChI=1S/C17H19BrO2/c18-17(16-14-9-1-2-10(7-9)15(14)16)11-3-4-12-13(8-11)20-6-5-19-12/h3-4,8-10,14-17H,1-2,5-7H2. The Balaban J connectivity index is 1.41. The molecule has 3 aliphatic carbocycles. The molecule has 0 amide bonds. The van der Waals surface area contributed by atoms with Gasteiger partial charge >= 0.3 is 0 Å². The van der Waals surface area contributed by atoms with Gasteiger partial charge in [-0.25, -0.2) is 0 Å². The van der Waals surface area contributed by atoms with Crippen molar-refractivity contribution in [2.45, 2.75) is 24.1 Å². The quantitative estimate of drug-likeness (QED) is 0.755. The molecule has 2 bridgehead atoms. The molecule has 1 aromatic carbocycles. The highest BCUT2D eigenvalue weighted by Crippen LogP contribution is 2.73. The molecule has 5 atom stereocenters. The van der Waals surface area contributed by atoms with Crippen molar-refractivity contribution in [1.82, 2.24) is 0 Å². The molecular formula is C17H19BrO2. The van der Waals surface area contributed by atoms with Crippen LogP contribution in [0, 0.1) is 29.6 Å². The number of rotatable bonds is 2. The summed E-state index contributed by atoms with van der Waals surface area (Å²) in [5.74, 6) is 6.77. The number of hydrogen-bond acceptors (Lipinski definition) is 2. The fourth-order valence-corrected chi connectivity index (χ4v) is 6.23. The van der Waals surface area contributed by atoms with Crippen molar-refractivity contribution < 1.29 is 9.47 Å². The van der Waals surface area contributed by atoms with E-state index in [0.29, 0.717) is 18.0 Å². The Morgan fingerprint density at radius 3 is 2.45 bits per heavy atom. The van der Waals surface area contributed by atoms with E-state index in [-0.39, 0.29) is 0 Å². The fraction of sp³-hybridized carbons (Fsp3) is 0.647. The normalized spacial score (nSPS) is 41.4. The summed E-state index contributed by atoms with van der Waals surface area (Å²) in [5.41, 5.74) is 1.37. The lowest BCUT2D eigenvalue weighted by Gasteiger charge is -2.21. The van der Waals surface area contributed by atoms with Crippen molar-refractivity contribution in [3.05, 3.63) is 23.8 Å². The average Bonchev–Trinajstić information content (AvgIpc) is 2.93. The van der Waals surface area contributed by atoms with Gasteiger partial charge in [0.1, 0.15) is 13.2 Å². The highest BCUT2D eigenvalue weighted by atomic mass is 79.9. The molecule has 3 heteroatoms. The van der Waals surface area contributed by atoms with Gasteiger partial charge in [-0.3, -0.25) is 0 Å². The van der Waals surface area contributed by atoms with E-state index in [1.807, 2.05) is 0 Å². The van der Waals surface area contributed by atoms with E-state index >= 15 is 0 Å². The molecular weight excluding hydrogens is 316 g/mol. The van der Waals surface area contributed by atoms with Crippen LogP contribution in [0.25, 0.3) is 0 Å². The molecule has 0 radical (unpaired) electrons. The third-order valence-corrected chi connectivity index (χ3v) is 7.16. The molecule has 3 saturated carbocycles. The van der Waals surface area contributed by atoms with Gasteiger partial charge in [0.25, 0.3) is 0 Å². The van der Waals surface area contributed by atoms with E-state index in [9.17, 15) is 0 Å². The summed E-state index contributed by atoms with van der Waals surface area (Å²) in [5, 5.41) is 0. The first-order valence-corrected chi connectivity index (χ1v) is 8.78. The zero-order chi connectivity index (χ0) is 13.3. The van der Waals surface area contributed by atoms with E-state index in [1.54, 1.807) is 0 Å². The van der Waals surface area contributed by atoms with Gasteiger partial charge in [-0.15, -0.1) is 0 Å². The molecule has 0 N–H and O–H groups in total. The van der Waals surface area contributed by atoms with Crippen molar-refractivity contribution in [1.29, 1.82) is 0 Å². The first kappa shape index (κ1) is 11.9. The second kappa shape index (κ2) is 4.16. The minimum Gasteiger partial charge on any atom is -0.486 e. The van der Waals surface area contributed by atoms with Crippen LogP contribution >= 0.6 is 15.9 Å². The Labute approximate surface area is 128 Å². The summed E-state index contributed by atoms with van der Waals surface area (Å²) in [6.07, 6.45) is 4.50. The van der Waals surface area contributed by atoms with Crippen LogP contribution in [0.4, 0.5) is 0 Å². The van der Waals surface area contributed by atoms with Gasteiger partial charge in [-0.1, -0.05) is 22.0 Å². The minimum atomic E-state index is 0.497. The zero-order valence-corrected chi connectivity index (χ0v) is 13.0. The van der Waals surface area contributed by atoms with E-state index in [2.05, 4.69) is 34.1 Å². The summed E-state index contributed by atoms with van der Waals surface area (Å²) >= 11 is 3.98. The maximum atomic E-state index is 5.72. The van der Waals surface area contributed by atoms with Crippen LogP contribution < -0.4 is 9.47 Å². The topological polar surface area (TPSA) is 18.5 Å². The number of ether oxygens (including phenoxy) is 2. The van der Waals surface area contributed by atoms with Crippen molar-refractivity contribution in [3.8, 4) is 11.5 Å². The summed E-state index contributed by atoms with van der Waals surface area (Å²) in [6, 6.07) is 6.47. The second-order valence-electron chi connectivity index (χ2n) is 6.87. The van der Waals surface area contributed by atoms with Crippen LogP contribution in [0.3, 0.4) is 0 Å². The van der Waals surface area contributed by atoms with Gasteiger partial charge in [-0.05, 0) is 66.5 Å². The van der Waals surface area contributed by atoms with Gasteiger partial charge < -0.3 is 9.47 Å². The van der Waals surface area contributed by atoms with Crippen molar-refractivity contribution in [2.24, 2.45) is 29.6 Å². The Morgan fingerprint density at radius 1 is 1.00 bits per heavy atom. The number of alkyl halides is 1. The number of hydrogen-bond donors (Lipinski definition) is 0. The van der Waals surface area contributed by atoms with Crippen LogP contribution in [0.15, 0.2) is 18.2 Å². The molecule has 2 nitrogen and oxygen atoms in total.